The normalized spacial score (nSPS) is 25.6. The molecule has 1 fully saturated rings. The number of aryl methyl sites for hydroxylation is 1. The second kappa shape index (κ2) is 6.24. The molecule has 18 heavy (non-hydrogen) atoms. The van der Waals surface area contributed by atoms with Crippen molar-refractivity contribution in [2.45, 2.75) is 39.7 Å². The van der Waals surface area contributed by atoms with Gasteiger partial charge in [0.25, 0.3) is 0 Å². The van der Waals surface area contributed by atoms with Crippen molar-refractivity contribution in [3.8, 4) is 0 Å². The Morgan fingerprint density at radius 1 is 1.39 bits per heavy atom. The lowest BCUT2D eigenvalue weighted by Crippen LogP contribution is -2.43. The molecule has 100 valence electrons. The van der Waals surface area contributed by atoms with Crippen LogP contribution in [0.15, 0.2) is 24.3 Å². The van der Waals surface area contributed by atoms with Crippen molar-refractivity contribution in [3.63, 3.8) is 0 Å². The van der Waals surface area contributed by atoms with Gasteiger partial charge < -0.3 is 10.2 Å². The van der Waals surface area contributed by atoms with Gasteiger partial charge >= 0.3 is 0 Å². The summed E-state index contributed by atoms with van der Waals surface area (Å²) in [5.41, 5.74) is 2.74. The Labute approximate surface area is 111 Å². The molecule has 1 aromatic carbocycles. The van der Waals surface area contributed by atoms with Crippen LogP contribution in [0.25, 0.3) is 0 Å². The number of rotatable bonds is 2. The van der Waals surface area contributed by atoms with E-state index in [0.717, 1.165) is 13.1 Å². The van der Waals surface area contributed by atoms with Crippen LogP contribution in [0, 0.1) is 12.8 Å². The third-order valence-corrected chi connectivity index (χ3v) is 3.89. The Kier molecular flexibility index (Phi) is 4.65. The van der Waals surface area contributed by atoms with E-state index in [2.05, 4.69) is 55.3 Å². The monoisotopic (exact) mass is 246 g/mol. The molecule has 1 saturated heterocycles. The van der Waals surface area contributed by atoms with E-state index < -0.39 is 0 Å². The Balaban J connectivity index is 2.10. The van der Waals surface area contributed by atoms with Crippen LogP contribution in [-0.2, 0) is 0 Å². The first-order valence-corrected chi connectivity index (χ1v) is 7.24. The molecule has 0 aromatic heterocycles. The minimum atomic E-state index is 0.681. The minimum absolute atomic E-state index is 0.681. The average Bonchev–Trinajstić information content (AvgIpc) is 2.34. The summed E-state index contributed by atoms with van der Waals surface area (Å²) in [7, 11) is 0. The smallest absolute Gasteiger partial charge is 0.0368 e. The maximum atomic E-state index is 3.68. The van der Waals surface area contributed by atoms with Gasteiger partial charge in [0.1, 0.15) is 0 Å². The van der Waals surface area contributed by atoms with Crippen LogP contribution in [0.4, 0.5) is 5.69 Å². The van der Waals surface area contributed by atoms with Crippen molar-refractivity contribution in [1.82, 2.24) is 5.32 Å². The van der Waals surface area contributed by atoms with Crippen LogP contribution in [0.5, 0.6) is 0 Å². The zero-order chi connectivity index (χ0) is 13.0. The summed E-state index contributed by atoms with van der Waals surface area (Å²) in [5, 5.41) is 3.68. The summed E-state index contributed by atoms with van der Waals surface area (Å²) in [5.74, 6) is 0.708. The Morgan fingerprint density at radius 2 is 2.22 bits per heavy atom. The van der Waals surface area contributed by atoms with E-state index in [9.17, 15) is 0 Å². The third-order valence-electron chi connectivity index (χ3n) is 3.89. The summed E-state index contributed by atoms with van der Waals surface area (Å²) in [6, 6.07) is 9.58. The average molecular weight is 246 g/mol. The zero-order valence-corrected chi connectivity index (χ0v) is 11.9. The lowest BCUT2D eigenvalue weighted by molar-refractivity contribution is 0.388. The molecule has 2 atom stereocenters. The molecule has 1 aliphatic heterocycles. The van der Waals surface area contributed by atoms with Crippen LogP contribution in [0.1, 0.15) is 32.3 Å². The fourth-order valence-electron chi connectivity index (χ4n) is 2.72. The van der Waals surface area contributed by atoms with Gasteiger partial charge in [-0.15, -0.1) is 0 Å². The highest BCUT2D eigenvalue weighted by molar-refractivity contribution is 5.48. The summed E-state index contributed by atoms with van der Waals surface area (Å²) in [6.07, 6.45) is 2.48. The first kappa shape index (κ1) is 13.4. The van der Waals surface area contributed by atoms with Gasteiger partial charge in [0.05, 0.1) is 0 Å². The number of benzene rings is 1. The Bertz CT molecular complexity index is 375. The number of anilines is 1. The van der Waals surface area contributed by atoms with Crippen molar-refractivity contribution < 1.29 is 0 Å². The molecule has 2 heteroatoms. The molecule has 1 aromatic rings. The SMILES string of the molecule is CCC1CCN(c2cccc(C)c2)CC(C)CN1. The van der Waals surface area contributed by atoms with Crippen LogP contribution >= 0.6 is 0 Å². The van der Waals surface area contributed by atoms with Crippen molar-refractivity contribution in [3.05, 3.63) is 29.8 Å². The summed E-state index contributed by atoms with van der Waals surface area (Å²) < 4.78 is 0. The largest absolute Gasteiger partial charge is 0.371 e. The molecule has 0 spiro atoms. The first-order chi connectivity index (χ1) is 8.69. The van der Waals surface area contributed by atoms with Crippen LogP contribution < -0.4 is 10.2 Å². The predicted octanol–water partition coefficient (Wildman–Crippen LogP) is 3.21. The van der Waals surface area contributed by atoms with Gasteiger partial charge in [0.2, 0.25) is 0 Å². The zero-order valence-electron chi connectivity index (χ0n) is 11.9. The lowest BCUT2D eigenvalue weighted by atomic mass is 10.0. The number of hydrogen-bond donors (Lipinski definition) is 1. The topological polar surface area (TPSA) is 15.3 Å². The molecule has 2 nitrogen and oxygen atoms in total. The van der Waals surface area contributed by atoms with Crippen molar-refractivity contribution in [2.24, 2.45) is 5.92 Å². The van der Waals surface area contributed by atoms with Gasteiger partial charge in [0, 0.05) is 24.8 Å². The molecule has 2 rings (SSSR count). The quantitative estimate of drug-likeness (QED) is 0.862. The molecule has 0 saturated carbocycles. The van der Waals surface area contributed by atoms with Crippen LogP contribution in [0.3, 0.4) is 0 Å². The lowest BCUT2D eigenvalue weighted by Gasteiger charge is -2.33. The standard InChI is InChI=1S/C16H26N2/c1-4-15-8-9-18(12-14(3)11-17-15)16-7-5-6-13(2)10-16/h5-7,10,14-15,17H,4,8-9,11-12H2,1-3H3. The third kappa shape index (κ3) is 3.49. The maximum absolute atomic E-state index is 3.68. The molecule has 2 unspecified atom stereocenters. The van der Waals surface area contributed by atoms with E-state index >= 15 is 0 Å². The molecule has 1 N–H and O–H groups in total. The molecular formula is C16H26N2. The molecular weight excluding hydrogens is 220 g/mol. The molecule has 0 bridgehead atoms. The van der Waals surface area contributed by atoms with Gasteiger partial charge in [-0.2, -0.15) is 0 Å². The maximum Gasteiger partial charge on any atom is 0.0368 e. The first-order valence-electron chi connectivity index (χ1n) is 7.24. The Morgan fingerprint density at radius 3 is 2.94 bits per heavy atom. The fraction of sp³-hybridized carbons (Fsp3) is 0.625. The molecule has 1 aliphatic rings. The fourth-order valence-corrected chi connectivity index (χ4v) is 2.72. The van der Waals surface area contributed by atoms with Gasteiger partial charge in [-0.05, 0) is 49.9 Å². The van der Waals surface area contributed by atoms with E-state index in [0.29, 0.717) is 12.0 Å². The van der Waals surface area contributed by atoms with E-state index in [4.69, 9.17) is 0 Å². The summed E-state index contributed by atoms with van der Waals surface area (Å²) in [4.78, 5) is 2.56. The van der Waals surface area contributed by atoms with E-state index in [1.54, 1.807) is 0 Å². The summed E-state index contributed by atoms with van der Waals surface area (Å²) >= 11 is 0. The summed E-state index contributed by atoms with van der Waals surface area (Å²) in [6.45, 7) is 10.3. The van der Waals surface area contributed by atoms with Crippen molar-refractivity contribution in [1.29, 1.82) is 0 Å². The molecule has 0 aliphatic carbocycles. The van der Waals surface area contributed by atoms with Gasteiger partial charge in [0.15, 0.2) is 0 Å². The number of nitrogens with one attached hydrogen (secondary N) is 1. The molecule has 1 heterocycles. The number of nitrogens with zero attached hydrogens (tertiary/aromatic N) is 1. The Hall–Kier alpha value is -1.02. The highest BCUT2D eigenvalue weighted by Gasteiger charge is 2.17. The molecule has 0 radical (unpaired) electrons. The van der Waals surface area contributed by atoms with E-state index in [1.165, 1.54) is 30.6 Å². The van der Waals surface area contributed by atoms with Gasteiger partial charge in [-0.1, -0.05) is 26.0 Å². The minimum Gasteiger partial charge on any atom is -0.371 e. The van der Waals surface area contributed by atoms with E-state index in [1.807, 2.05) is 0 Å². The van der Waals surface area contributed by atoms with Gasteiger partial charge in [-0.25, -0.2) is 0 Å². The van der Waals surface area contributed by atoms with E-state index in [-0.39, 0.29) is 0 Å². The van der Waals surface area contributed by atoms with Crippen molar-refractivity contribution in [2.75, 3.05) is 24.5 Å². The number of hydrogen-bond acceptors (Lipinski definition) is 2. The second-order valence-corrected chi connectivity index (χ2v) is 5.69. The van der Waals surface area contributed by atoms with Gasteiger partial charge in [-0.3, -0.25) is 0 Å². The predicted molar refractivity (Wildman–Crippen MR) is 79.3 cm³/mol. The second-order valence-electron chi connectivity index (χ2n) is 5.69. The molecule has 0 amide bonds. The van der Waals surface area contributed by atoms with Crippen LogP contribution in [-0.4, -0.2) is 25.7 Å². The highest BCUT2D eigenvalue weighted by atomic mass is 15.1. The van der Waals surface area contributed by atoms with Crippen LogP contribution in [0.2, 0.25) is 0 Å². The van der Waals surface area contributed by atoms with Crippen molar-refractivity contribution >= 4 is 5.69 Å². The highest BCUT2D eigenvalue weighted by Crippen LogP contribution is 2.19.